The van der Waals surface area contributed by atoms with Gasteiger partial charge in [-0.05, 0) is 53.6 Å². The van der Waals surface area contributed by atoms with Gasteiger partial charge in [-0.1, -0.05) is 48.0 Å². The van der Waals surface area contributed by atoms with Crippen LogP contribution in [0, 0.1) is 5.82 Å². The number of hydrogen-bond acceptors (Lipinski definition) is 2. The van der Waals surface area contributed by atoms with Gasteiger partial charge in [-0.2, -0.15) is 0 Å². The molecule has 0 amide bonds. The van der Waals surface area contributed by atoms with E-state index in [1.807, 2.05) is 48.5 Å². The zero-order chi connectivity index (χ0) is 17.2. The van der Waals surface area contributed by atoms with E-state index in [9.17, 15) is 4.39 Å². The van der Waals surface area contributed by atoms with Gasteiger partial charge in [0.1, 0.15) is 5.82 Å². The van der Waals surface area contributed by atoms with E-state index in [1.165, 1.54) is 12.1 Å². The van der Waals surface area contributed by atoms with Crippen LogP contribution in [0.15, 0.2) is 83.8 Å². The summed E-state index contributed by atoms with van der Waals surface area (Å²) in [6.07, 6.45) is 2.18. The van der Waals surface area contributed by atoms with E-state index >= 15 is 0 Å². The molecule has 3 aromatic carbocycles. The summed E-state index contributed by atoms with van der Waals surface area (Å²) in [5, 5.41) is 4.33. The highest BCUT2D eigenvalue weighted by Crippen LogP contribution is 2.44. The van der Waals surface area contributed by atoms with Crippen molar-refractivity contribution < 1.29 is 4.39 Å². The van der Waals surface area contributed by atoms with Gasteiger partial charge in [0, 0.05) is 15.6 Å². The molecule has 0 radical (unpaired) electrons. The number of hydrogen-bond donors (Lipinski definition) is 1. The molecule has 124 valence electrons. The van der Waals surface area contributed by atoms with Crippen LogP contribution in [0.5, 0.6) is 0 Å². The van der Waals surface area contributed by atoms with Gasteiger partial charge in [0.2, 0.25) is 0 Å². The first-order valence-corrected chi connectivity index (χ1v) is 9.21. The Labute approximate surface area is 155 Å². The van der Waals surface area contributed by atoms with Gasteiger partial charge < -0.3 is 5.32 Å². The molecule has 1 aliphatic rings. The molecule has 1 atom stereocenters. The molecule has 1 N–H and O–H groups in total. The first-order chi connectivity index (χ1) is 12.2. The smallest absolute Gasteiger partial charge is 0.123 e. The monoisotopic (exact) mass is 367 g/mol. The molecular weight excluding hydrogens is 353 g/mol. The van der Waals surface area contributed by atoms with Crippen LogP contribution in [0.25, 0.3) is 5.70 Å². The predicted molar refractivity (Wildman–Crippen MR) is 104 cm³/mol. The Morgan fingerprint density at radius 3 is 2.36 bits per heavy atom. The van der Waals surface area contributed by atoms with Crippen molar-refractivity contribution in [2.75, 3.05) is 5.32 Å². The molecule has 1 nitrogen and oxygen atoms in total. The summed E-state index contributed by atoms with van der Waals surface area (Å²) >= 11 is 7.77. The number of nitrogens with one attached hydrogen (secondary N) is 1. The maximum Gasteiger partial charge on any atom is 0.123 e. The number of para-hydroxylation sites is 1. The van der Waals surface area contributed by atoms with Crippen LogP contribution >= 0.6 is 23.4 Å². The summed E-state index contributed by atoms with van der Waals surface area (Å²) in [7, 11) is 0. The number of thioether (sulfide) groups is 1. The summed E-state index contributed by atoms with van der Waals surface area (Å²) in [5.74, 6) is -0.220. The van der Waals surface area contributed by atoms with Crippen LogP contribution in [0.1, 0.15) is 16.4 Å². The lowest BCUT2D eigenvalue weighted by Crippen LogP contribution is -1.99. The average Bonchev–Trinajstić information content (AvgIpc) is 2.82. The Morgan fingerprint density at radius 2 is 1.60 bits per heavy atom. The lowest BCUT2D eigenvalue weighted by Gasteiger charge is -2.12. The van der Waals surface area contributed by atoms with E-state index in [1.54, 1.807) is 11.8 Å². The topological polar surface area (TPSA) is 12.0 Å². The quantitative estimate of drug-likeness (QED) is 0.535. The van der Waals surface area contributed by atoms with E-state index in [-0.39, 0.29) is 11.1 Å². The number of rotatable bonds is 2. The molecule has 0 aliphatic carbocycles. The highest BCUT2D eigenvalue weighted by atomic mass is 35.5. The van der Waals surface area contributed by atoms with Gasteiger partial charge in [0.25, 0.3) is 0 Å². The molecule has 4 rings (SSSR count). The molecule has 0 bridgehead atoms. The highest BCUT2D eigenvalue weighted by Gasteiger charge is 2.19. The molecule has 0 saturated carbocycles. The number of benzene rings is 3. The molecule has 4 heteroatoms. The summed E-state index contributed by atoms with van der Waals surface area (Å²) in [5.41, 5.74) is 4.21. The number of anilines is 1. The molecule has 1 heterocycles. The molecule has 1 aliphatic heterocycles. The van der Waals surface area contributed by atoms with Gasteiger partial charge in [0.15, 0.2) is 0 Å². The van der Waals surface area contributed by atoms with E-state index < -0.39 is 0 Å². The first kappa shape index (κ1) is 16.2. The zero-order valence-electron chi connectivity index (χ0n) is 13.2. The number of halogens is 2. The molecule has 0 fully saturated rings. The fourth-order valence-corrected chi connectivity index (χ4v) is 4.10. The third-order valence-corrected chi connectivity index (χ3v) is 5.61. The Hall–Kier alpha value is -2.23. The molecule has 0 unspecified atom stereocenters. The fraction of sp³-hybridized carbons (Fsp3) is 0.0476. The second kappa shape index (κ2) is 6.95. The van der Waals surface area contributed by atoms with Crippen LogP contribution in [-0.2, 0) is 0 Å². The van der Waals surface area contributed by atoms with Gasteiger partial charge in [-0.15, -0.1) is 11.8 Å². The zero-order valence-corrected chi connectivity index (χ0v) is 14.8. The molecule has 25 heavy (non-hydrogen) atoms. The normalized spacial score (nSPS) is 16.4. The minimum Gasteiger partial charge on any atom is -0.354 e. The van der Waals surface area contributed by atoms with Crippen molar-refractivity contribution in [3.63, 3.8) is 0 Å². The summed E-state index contributed by atoms with van der Waals surface area (Å²) < 4.78 is 13.3. The lowest BCUT2D eigenvalue weighted by molar-refractivity contribution is 0.627. The van der Waals surface area contributed by atoms with Crippen LogP contribution in [0.3, 0.4) is 0 Å². The van der Waals surface area contributed by atoms with Crippen LogP contribution in [0.4, 0.5) is 10.1 Å². The largest absolute Gasteiger partial charge is 0.354 e. The Bertz CT molecular complexity index is 919. The molecule has 0 spiro atoms. The average molecular weight is 368 g/mol. The minimum atomic E-state index is -0.220. The fourth-order valence-electron chi connectivity index (χ4n) is 2.80. The van der Waals surface area contributed by atoms with E-state index in [2.05, 4.69) is 23.5 Å². The van der Waals surface area contributed by atoms with Gasteiger partial charge in [-0.25, -0.2) is 4.39 Å². The SMILES string of the molecule is Fc1ccc([C@H]2C=C(c3ccc(Cl)cc3)Nc3ccccc3S2)cc1. The highest BCUT2D eigenvalue weighted by molar-refractivity contribution is 7.99. The maximum atomic E-state index is 13.3. The van der Waals surface area contributed by atoms with Crippen molar-refractivity contribution in [1.82, 2.24) is 0 Å². The van der Waals surface area contributed by atoms with Crippen molar-refractivity contribution in [3.05, 3.63) is 101 Å². The van der Waals surface area contributed by atoms with Gasteiger partial charge >= 0.3 is 0 Å². The minimum absolute atomic E-state index is 0.0856. The van der Waals surface area contributed by atoms with Crippen LogP contribution < -0.4 is 5.32 Å². The van der Waals surface area contributed by atoms with Crippen molar-refractivity contribution in [3.8, 4) is 0 Å². The standard InChI is InChI=1S/C21H15ClFNS/c22-16-9-5-14(6-10-16)19-13-21(15-7-11-17(23)12-8-15)25-20-4-2-1-3-18(20)24-19/h1-13,21,24H/t21-/m1/s1. The lowest BCUT2D eigenvalue weighted by atomic mass is 10.1. The third-order valence-electron chi connectivity index (χ3n) is 4.08. The Balaban J connectivity index is 1.80. The second-order valence-electron chi connectivity index (χ2n) is 5.80. The Kier molecular flexibility index (Phi) is 4.51. The summed E-state index contributed by atoms with van der Waals surface area (Å²) in [6.45, 7) is 0. The van der Waals surface area contributed by atoms with Crippen molar-refractivity contribution in [2.24, 2.45) is 0 Å². The van der Waals surface area contributed by atoms with Crippen molar-refractivity contribution in [2.45, 2.75) is 10.1 Å². The first-order valence-electron chi connectivity index (χ1n) is 7.95. The predicted octanol–water partition coefficient (Wildman–Crippen LogP) is 6.78. The van der Waals surface area contributed by atoms with Crippen molar-refractivity contribution in [1.29, 1.82) is 0 Å². The van der Waals surface area contributed by atoms with Gasteiger partial charge in [-0.3, -0.25) is 0 Å². The summed E-state index contributed by atoms with van der Waals surface area (Å²) in [6, 6.07) is 22.7. The molecular formula is C21H15ClFNS. The van der Waals surface area contributed by atoms with E-state index in [0.29, 0.717) is 5.02 Å². The van der Waals surface area contributed by atoms with Gasteiger partial charge in [0.05, 0.1) is 10.9 Å². The second-order valence-corrected chi connectivity index (χ2v) is 7.42. The Morgan fingerprint density at radius 1 is 0.880 bits per heavy atom. The molecule has 3 aromatic rings. The van der Waals surface area contributed by atoms with E-state index in [0.717, 1.165) is 27.4 Å². The molecule has 0 aromatic heterocycles. The van der Waals surface area contributed by atoms with Crippen molar-refractivity contribution >= 4 is 34.7 Å². The third kappa shape index (κ3) is 3.58. The van der Waals surface area contributed by atoms with Crippen LogP contribution in [0.2, 0.25) is 5.02 Å². The maximum absolute atomic E-state index is 13.3. The van der Waals surface area contributed by atoms with Crippen LogP contribution in [-0.4, -0.2) is 0 Å². The number of fused-ring (bicyclic) bond motifs is 1. The van der Waals surface area contributed by atoms with E-state index in [4.69, 9.17) is 11.6 Å². The summed E-state index contributed by atoms with van der Waals surface area (Å²) in [4.78, 5) is 1.16. The molecule has 0 saturated heterocycles.